The van der Waals surface area contributed by atoms with E-state index in [4.69, 9.17) is 4.55 Å². The fourth-order valence-corrected chi connectivity index (χ4v) is 2.76. The van der Waals surface area contributed by atoms with Gasteiger partial charge in [-0.3, -0.25) is 4.55 Å². The zero-order valence-corrected chi connectivity index (χ0v) is 11.0. The van der Waals surface area contributed by atoms with Crippen molar-refractivity contribution in [1.82, 2.24) is 0 Å². The van der Waals surface area contributed by atoms with E-state index in [-0.39, 0.29) is 10.6 Å². The van der Waals surface area contributed by atoms with Crippen LogP contribution < -0.4 is 0 Å². The van der Waals surface area contributed by atoms with Crippen LogP contribution in [-0.4, -0.2) is 38.9 Å². The van der Waals surface area contributed by atoms with Crippen molar-refractivity contribution < 1.29 is 30.7 Å². The van der Waals surface area contributed by atoms with E-state index in [9.17, 15) is 21.9 Å². The van der Waals surface area contributed by atoms with Gasteiger partial charge in [-0.15, -0.1) is 0 Å². The molecule has 0 saturated carbocycles. The summed E-state index contributed by atoms with van der Waals surface area (Å²) >= 11 is 0. The molecule has 0 atom stereocenters. The Morgan fingerprint density at radius 3 is 2.33 bits per heavy atom. The quantitative estimate of drug-likeness (QED) is 0.750. The Morgan fingerprint density at radius 1 is 1.22 bits per heavy atom. The molecule has 0 spiro atoms. The van der Waals surface area contributed by atoms with Gasteiger partial charge in [-0.2, -0.15) is 8.42 Å². The molecule has 2 N–H and O–H groups in total. The molecule has 1 aromatic carbocycles. The van der Waals surface area contributed by atoms with Crippen LogP contribution in [0.1, 0.15) is 5.56 Å². The van der Waals surface area contributed by atoms with Crippen LogP contribution in [0.4, 0.5) is 0 Å². The standard InChI is InChI=1S/C9H12O7S2/c1-7-6-8(2-3-9(7)10)17(11,12)5-4-16-18(13,14)15/h2-3,6,10H,4-5H2,1H3,(H,13,14,15). The van der Waals surface area contributed by atoms with Crippen LogP contribution in [0.15, 0.2) is 23.1 Å². The van der Waals surface area contributed by atoms with E-state index in [1.807, 2.05) is 0 Å². The summed E-state index contributed by atoms with van der Waals surface area (Å²) in [5, 5.41) is 9.26. The molecule has 0 aliphatic heterocycles. The highest BCUT2D eigenvalue weighted by Gasteiger charge is 2.17. The molecule has 0 fully saturated rings. The fraction of sp³-hybridized carbons (Fsp3) is 0.333. The summed E-state index contributed by atoms with van der Waals surface area (Å²) in [6.07, 6.45) is 0. The van der Waals surface area contributed by atoms with Gasteiger partial charge < -0.3 is 5.11 Å². The third-order valence-corrected chi connectivity index (χ3v) is 4.25. The Kier molecular flexibility index (Phi) is 4.32. The second-order valence-corrected chi connectivity index (χ2v) is 6.72. The first-order valence-corrected chi connectivity index (χ1v) is 7.78. The number of rotatable bonds is 5. The largest absolute Gasteiger partial charge is 0.508 e. The van der Waals surface area contributed by atoms with E-state index in [0.29, 0.717) is 5.56 Å². The van der Waals surface area contributed by atoms with Crippen molar-refractivity contribution >= 4 is 20.2 Å². The van der Waals surface area contributed by atoms with Gasteiger partial charge in [0.05, 0.1) is 17.3 Å². The van der Waals surface area contributed by atoms with Gasteiger partial charge in [0, 0.05) is 0 Å². The van der Waals surface area contributed by atoms with Crippen molar-refractivity contribution in [1.29, 1.82) is 0 Å². The van der Waals surface area contributed by atoms with Crippen LogP contribution in [0.3, 0.4) is 0 Å². The van der Waals surface area contributed by atoms with Gasteiger partial charge in [0.2, 0.25) is 0 Å². The van der Waals surface area contributed by atoms with Gasteiger partial charge >= 0.3 is 10.4 Å². The van der Waals surface area contributed by atoms with Crippen molar-refractivity contribution in [3.63, 3.8) is 0 Å². The highest BCUT2D eigenvalue weighted by Crippen LogP contribution is 2.20. The van der Waals surface area contributed by atoms with Gasteiger partial charge in [-0.05, 0) is 30.7 Å². The van der Waals surface area contributed by atoms with Crippen LogP contribution in [0.5, 0.6) is 5.75 Å². The molecule has 0 saturated heterocycles. The predicted octanol–water partition coefficient (Wildman–Crippen LogP) is 0.294. The molecule has 0 aliphatic rings. The lowest BCUT2D eigenvalue weighted by atomic mass is 10.2. The molecule has 0 aliphatic carbocycles. The van der Waals surface area contributed by atoms with E-state index >= 15 is 0 Å². The number of aromatic hydroxyl groups is 1. The number of benzene rings is 1. The molecule has 7 nitrogen and oxygen atoms in total. The lowest BCUT2D eigenvalue weighted by Crippen LogP contribution is -2.15. The molecule has 1 rings (SSSR count). The van der Waals surface area contributed by atoms with Gasteiger partial charge in [0.15, 0.2) is 9.84 Å². The van der Waals surface area contributed by atoms with Crippen LogP contribution in [0.25, 0.3) is 0 Å². The maximum absolute atomic E-state index is 11.7. The van der Waals surface area contributed by atoms with Crippen molar-refractivity contribution in [2.45, 2.75) is 11.8 Å². The zero-order valence-electron chi connectivity index (χ0n) is 9.40. The summed E-state index contributed by atoms with van der Waals surface area (Å²) in [5.74, 6) is -0.639. The molecule has 102 valence electrons. The number of phenolic OH excluding ortho intramolecular Hbond substituents is 1. The fourth-order valence-electron chi connectivity index (χ4n) is 1.19. The van der Waals surface area contributed by atoms with E-state index in [2.05, 4.69) is 4.18 Å². The first-order chi connectivity index (χ1) is 8.12. The average Bonchev–Trinajstić information content (AvgIpc) is 2.19. The molecule has 0 bridgehead atoms. The van der Waals surface area contributed by atoms with Crippen LogP contribution >= 0.6 is 0 Å². The Morgan fingerprint density at radius 2 is 1.83 bits per heavy atom. The van der Waals surface area contributed by atoms with E-state index in [1.54, 1.807) is 0 Å². The van der Waals surface area contributed by atoms with E-state index in [1.165, 1.54) is 25.1 Å². The number of hydrogen-bond acceptors (Lipinski definition) is 6. The lowest BCUT2D eigenvalue weighted by Gasteiger charge is -2.06. The summed E-state index contributed by atoms with van der Waals surface area (Å²) in [6.45, 7) is 0.851. The van der Waals surface area contributed by atoms with Crippen molar-refractivity contribution in [3.05, 3.63) is 23.8 Å². The first kappa shape index (κ1) is 14.9. The van der Waals surface area contributed by atoms with Crippen LogP contribution in [0.2, 0.25) is 0 Å². The van der Waals surface area contributed by atoms with E-state index < -0.39 is 32.6 Å². The third-order valence-electron chi connectivity index (χ3n) is 2.11. The topological polar surface area (TPSA) is 118 Å². The van der Waals surface area contributed by atoms with Crippen molar-refractivity contribution in [3.8, 4) is 5.75 Å². The molecule has 18 heavy (non-hydrogen) atoms. The number of sulfone groups is 1. The van der Waals surface area contributed by atoms with Gasteiger partial charge in [-0.1, -0.05) is 0 Å². The number of phenols is 1. The van der Waals surface area contributed by atoms with Crippen molar-refractivity contribution in [2.75, 3.05) is 12.4 Å². The monoisotopic (exact) mass is 296 g/mol. The molecular formula is C9H12O7S2. The zero-order chi connectivity index (χ0) is 14.0. The molecule has 9 heteroatoms. The summed E-state index contributed by atoms with van der Waals surface area (Å²) in [4.78, 5) is -0.0586. The number of hydrogen-bond donors (Lipinski definition) is 2. The predicted molar refractivity (Wildman–Crippen MR) is 62.4 cm³/mol. The SMILES string of the molecule is Cc1cc(S(=O)(=O)CCOS(=O)(=O)O)ccc1O. The molecular weight excluding hydrogens is 284 g/mol. The minimum absolute atomic E-state index is 0.0388. The van der Waals surface area contributed by atoms with Crippen LogP contribution in [-0.2, 0) is 24.4 Å². The highest BCUT2D eigenvalue weighted by molar-refractivity contribution is 7.91. The maximum Gasteiger partial charge on any atom is 0.397 e. The molecule has 0 amide bonds. The lowest BCUT2D eigenvalue weighted by molar-refractivity contribution is 0.284. The summed E-state index contributed by atoms with van der Waals surface area (Å²) in [5.41, 5.74) is 0.381. The summed E-state index contributed by atoms with van der Waals surface area (Å²) in [6, 6.07) is 3.69. The van der Waals surface area contributed by atoms with Gasteiger partial charge in [0.1, 0.15) is 5.75 Å². The average molecular weight is 296 g/mol. The minimum Gasteiger partial charge on any atom is -0.508 e. The maximum atomic E-state index is 11.7. The van der Waals surface area contributed by atoms with Crippen molar-refractivity contribution in [2.24, 2.45) is 0 Å². The molecule has 0 unspecified atom stereocenters. The third kappa shape index (κ3) is 4.26. The minimum atomic E-state index is -4.65. The molecule has 0 radical (unpaired) electrons. The Hall–Kier alpha value is -1.16. The summed E-state index contributed by atoms with van der Waals surface area (Å²) in [7, 11) is -8.38. The Balaban J connectivity index is 2.84. The Bertz CT molecular complexity index is 631. The van der Waals surface area contributed by atoms with E-state index in [0.717, 1.165) is 0 Å². The van der Waals surface area contributed by atoms with Gasteiger partial charge in [-0.25, -0.2) is 12.6 Å². The molecule has 0 heterocycles. The normalized spacial score (nSPS) is 12.6. The first-order valence-electron chi connectivity index (χ1n) is 4.76. The van der Waals surface area contributed by atoms with Gasteiger partial charge in [0.25, 0.3) is 0 Å². The second kappa shape index (κ2) is 5.22. The highest BCUT2D eigenvalue weighted by atomic mass is 32.3. The molecule has 1 aromatic rings. The Labute approximate surface area is 105 Å². The number of aryl methyl sites for hydroxylation is 1. The summed E-state index contributed by atoms with van der Waals surface area (Å²) < 4.78 is 56.2. The van der Waals surface area contributed by atoms with Crippen LogP contribution in [0, 0.1) is 6.92 Å². The second-order valence-electron chi connectivity index (χ2n) is 3.52. The molecule has 0 aromatic heterocycles. The smallest absolute Gasteiger partial charge is 0.397 e.